The van der Waals surface area contributed by atoms with Crippen LogP contribution in [0.2, 0.25) is 0 Å². The van der Waals surface area contributed by atoms with E-state index in [0.29, 0.717) is 5.75 Å². The molecule has 0 saturated carbocycles. The molecule has 0 radical (unpaired) electrons. The summed E-state index contributed by atoms with van der Waals surface area (Å²) in [6.45, 7) is 6.19. The Morgan fingerprint density at radius 2 is 2.08 bits per heavy atom. The molecule has 0 fully saturated rings. The van der Waals surface area contributed by atoms with Gasteiger partial charge in [0.2, 0.25) is 0 Å². The largest absolute Gasteiger partial charge is 0.322 e. The minimum absolute atomic E-state index is 0.713. The van der Waals surface area contributed by atoms with Crippen molar-refractivity contribution in [1.29, 1.82) is 5.26 Å². The van der Waals surface area contributed by atoms with Gasteiger partial charge in [0.15, 0.2) is 0 Å². The van der Waals surface area contributed by atoms with Crippen LogP contribution in [-0.2, 0) is 5.75 Å². The average molecular weight is 364 g/mol. The van der Waals surface area contributed by atoms with Crippen molar-refractivity contribution < 1.29 is 0 Å². The van der Waals surface area contributed by atoms with Crippen LogP contribution < -0.4 is 0 Å². The van der Waals surface area contributed by atoms with E-state index in [1.807, 2.05) is 41.9 Å². The third-order valence-electron chi connectivity index (χ3n) is 4.35. The molecule has 124 valence electrons. The van der Waals surface area contributed by atoms with Crippen molar-refractivity contribution in [2.45, 2.75) is 31.6 Å². The third kappa shape index (κ3) is 2.70. The van der Waals surface area contributed by atoms with Crippen molar-refractivity contribution in [2.75, 3.05) is 0 Å². The fraction of sp³-hybridized carbons (Fsp3) is 0.211. The van der Waals surface area contributed by atoms with E-state index in [4.69, 9.17) is 0 Å². The third-order valence-corrected chi connectivity index (χ3v) is 6.47. The van der Waals surface area contributed by atoms with Gasteiger partial charge in [0.25, 0.3) is 0 Å². The predicted molar refractivity (Wildman–Crippen MR) is 103 cm³/mol. The van der Waals surface area contributed by atoms with Crippen molar-refractivity contribution in [1.82, 2.24) is 14.4 Å². The molecule has 4 nitrogen and oxygen atoms in total. The van der Waals surface area contributed by atoms with Crippen molar-refractivity contribution in [3.05, 3.63) is 58.0 Å². The smallest absolute Gasteiger partial charge is 0.128 e. The Morgan fingerprint density at radius 3 is 2.88 bits per heavy atom. The zero-order valence-corrected chi connectivity index (χ0v) is 15.8. The molecule has 0 unspecified atom stereocenters. The van der Waals surface area contributed by atoms with Crippen LogP contribution >= 0.6 is 23.1 Å². The first-order valence-corrected chi connectivity index (χ1v) is 9.74. The molecule has 0 spiro atoms. The number of aryl methyl sites for hydroxylation is 3. The summed E-state index contributed by atoms with van der Waals surface area (Å²) < 4.78 is 2.01. The van der Waals surface area contributed by atoms with Gasteiger partial charge < -0.3 is 4.40 Å². The molecule has 4 heterocycles. The Kier molecular flexibility index (Phi) is 3.98. The topological polar surface area (TPSA) is 54.0 Å². The van der Waals surface area contributed by atoms with Crippen LogP contribution in [0.15, 0.2) is 35.6 Å². The molecule has 4 aromatic heterocycles. The zero-order chi connectivity index (χ0) is 17.6. The molecule has 0 N–H and O–H groups in total. The van der Waals surface area contributed by atoms with Gasteiger partial charge in [0.05, 0.1) is 11.1 Å². The van der Waals surface area contributed by atoms with Gasteiger partial charge in [-0.3, -0.25) is 0 Å². The highest BCUT2D eigenvalue weighted by Crippen LogP contribution is 2.36. The van der Waals surface area contributed by atoms with Crippen LogP contribution in [-0.4, -0.2) is 14.4 Å². The fourth-order valence-electron chi connectivity index (χ4n) is 2.98. The van der Waals surface area contributed by atoms with E-state index >= 15 is 0 Å². The van der Waals surface area contributed by atoms with Gasteiger partial charge in [0, 0.05) is 28.4 Å². The molecule has 0 atom stereocenters. The summed E-state index contributed by atoms with van der Waals surface area (Å²) in [7, 11) is 0. The monoisotopic (exact) mass is 364 g/mol. The lowest BCUT2D eigenvalue weighted by molar-refractivity contribution is 1.01. The molecule has 0 aliphatic heterocycles. The van der Waals surface area contributed by atoms with E-state index in [2.05, 4.69) is 29.9 Å². The van der Waals surface area contributed by atoms with Gasteiger partial charge >= 0.3 is 0 Å². The maximum Gasteiger partial charge on any atom is 0.128 e. The zero-order valence-electron chi connectivity index (χ0n) is 14.2. The molecule has 0 aliphatic rings. The molecule has 0 aliphatic carbocycles. The van der Waals surface area contributed by atoms with Gasteiger partial charge in [0.1, 0.15) is 21.7 Å². The second kappa shape index (κ2) is 6.17. The maximum atomic E-state index is 9.57. The molecule has 6 heteroatoms. The van der Waals surface area contributed by atoms with E-state index in [1.54, 1.807) is 23.1 Å². The Hall–Kier alpha value is -2.36. The van der Waals surface area contributed by atoms with E-state index in [0.717, 1.165) is 37.7 Å². The Bertz CT molecular complexity index is 1150. The highest BCUT2D eigenvalue weighted by Gasteiger charge is 2.16. The van der Waals surface area contributed by atoms with Gasteiger partial charge in [-0.15, -0.1) is 23.1 Å². The number of nitriles is 1. The molecular formula is C19H16N4S2. The molecule has 25 heavy (non-hydrogen) atoms. The van der Waals surface area contributed by atoms with Crippen molar-refractivity contribution >= 4 is 38.8 Å². The molecular weight excluding hydrogens is 348 g/mol. The van der Waals surface area contributed by atoms with Crippen LogP contribution in [0, 0.1) is 32.1 Å². The first kappa shape index (κ1) is 16.1. The number of nitrogens with zero attached hydrogens (tertiary/aromatic N) is 4. The van der Waals surface area contributed by atoms with E-state index in [9.17, 15) is 5.26 Å². The second-order valence-electron chi connectivity index (χ2n) is 5.96. The van der Waals surface area contributed by atoms with Gasteiger partial charge in [-0.25, -0.2) is 9.97 Å². The first-order chi connectivity index (χ1) is 12.1. The molecule has 0 aromatic carbocycles. The van der Waals surface area contributed by atoms with Crippen LogP contribution in [0.25, 0.3) is 15.7 Å². The van der Waals surface area contributed by atoms with Gasteiger partial charge in [-0.1, -0.05) is 6.07 Å². The van der Waals surface area contributed by atoms with Crippen LogP contribution in [0.1, 0.15) is 27.4 Å². The SMILES string of the molecule is Cc1nc(SCc2cn3ccccc3c2C#N)c2c(C)c(C)sc2n1. The lowest BCUT2D eigenvalue weighted by Crippen LogP contribution is -1.92. The Morgan fingerprint density at radius 1 is 1.24 bits per heavy atom. The van der Waals surface area contributed by atoms with Crippen LogP contribution in [0.4, 0.5) is 0 Å². The minimum Gasteiger partial charge on any atom is -0.322 e. The number of thiophene rings is 1. The lowest BCUT2D eigenvalue weighted by Gasteiger charge is -2.04. The summed E-state index contributed by atoms with van der Waals surface area (Å²) in [6, 6.07) is 8.26. The lowest BCUT2D eigenvalue weighted by atomic mass is 10.2. The number of hydrogen-bond donors (Lipinski definition) is 0. The number of fused-ring (bicyclic) bond motifs is 2. The van der Waals surface area contributed by atoms with Gasteiger partial charge in [-0.2, -0.15) is 5.26 Å². The Balaban J connectivity index is 1.75. The standard InChI is InChI=1S/C19H16N4S2/c1-11-12(2)25-19-17(11)18(21-13(3)22-19)24-10-14-9-23-7-5-4-6-16(23)15(14)8-20/h4-7,9H,10H2,1-3H3. The van der Waals surface area contributed by atoms with Crippen molar-refractivity contribution in [3.8, 4) is 6.07 Å². The highest BCUT2D eigenvalue weighted by molar-refractivity contribution is 7.98. The minimum atomic E-state index is 0.713. The highest BCUT2D eigenvalue weighted by atomic mass is 32.2. The summed E-state index contributed by atoms with van der Waals surface area (Å²) in [5.41, 5.74) is 3.98. The summed E-state index contributed by atoms with van der Waals surface area (Å²) in [6.07, 6.45) is 4.02. The van der Waals surface area contributed by atoms with Crippen LogP contribution in [0.3, 0.4) is 0 Å². The van der Waals surface area contributed by atoms with E-state index in [-0.39, 0.29) is 0 Å². The number of pyridine rings is 1. The number of hydrogen-bond acceptors (Lipinski definition) is 5. The summed E-state index contributed by atoms with van der Waals surface area (Å²) in [5.74, 6) is 1.50. The van der Waals surface area contributed by atoms with Crippen LogP contribution in [0.5, 0.6) is 0 Å². The fourth-order valence-corrected chi connectivity index (χ4v) is 5.22. The summed E-state index contributed by atoms with van der Waals surface area (Å²) in [5, 5.41) is 11.7. The van der Waals surface area contributed by atoms with Crippen molar-refractivity contribution in [2.24, 2.45) is 0 Å². The quantitative estimate of drug-likeness (QED) is 0.378. The normalized spacial score (nSPS) is 11.3. The molecule has 0 saturated heterocycles. The average Bonchev–Trinajstić information content (AvgIpc) is 3.09. The number of aromatic nitrogens is 3. The summed E-state index contributed by atoms with van der Waals surface area (Å²) in [4.78, 5) is 11.6. The maximum absolute atomic E-state index is 9.57. The van der Waals surface area contributed by atoms with E-state index < -0.39 is 0 Å². The number of thioether (sulfide) groups is 1. The number of rotatable bonds is 3. The molecule has 4 rings (SSSR count). The molecule has 0 bridgehead atoms. The van der Waals surface area contributed by atoms with E-state index in [1.165, 1.54) is 10.4 Å². The second-order valence-corrected chi connectivity index (χ2v) is 8.13. The first-order valence-electron chi connectivity index (χ1n) is 7.94. The molecule has 0 amide bonds. The van der Waals surface area contributed by atoms with Crippen molar-refractivity contribution in [3.63, 3.8) is 0 Å². The summed E-state index contributed by atoms with van der Waals surface area (Å²) >= 11 is 3.40. The predicted octanol–water partition coefficient (Wildman–Crippen LogP) is 5.03. The Labute approximate surface area is 154 Å². The molecule has 4 aromatic rings. The van der Waals surface area contributed by atoms with Gasteiger partial charge in [-0.05, 0) is 44.0 Å².